The van der Waals surface area contributed by atoms with Crippen LogP contribution in [-0.4, -0.2) is 27.7 Å². The van der Waals surface area contributed by atoms with Gasteiger partial charge in [-0.2, -0.15) is 9.64 Å². The Kier molecular flexibility index (Phi) is 4.51. The molecule has 0 amide bonds. The van der Waals surface area contributed by atoms with E-state index >= 15 is 0 Å². The monoisotopic (exact) mass is 242 g/mol. The second kappa shape index (κ2) is 5.45. The SMILES string of the molecule is CCc1nsc(SCC(C)(C#N)NC)n1. The number of rotatable bonds is 5. The lowest BCUT2D eigenvalue weighted by molar-refractivity contribution is 0.550. The molecule has 0 spiro atoms. The second-order valence-electron chi connectivity index (χ2n) is 3.31. The van der Waals surface area contributed by atoms with Crippen LogP contribution in [0.3, 0.4) is 0 Å². The van der Waals surface area contributed by atoms with Gasteiger partial charge in [-0.15, -0.1) is 0 Å². The van der Waals surface area contributed by atoms with Crippen molar-refractivity contribution < 1.29 is 0 Å². The Morgan fingerprint density at radius 3 is 2.87 bits per heavy atom. The van der Waals surface area contributed by atoms with Gasteiger partial charge < -0.3 is 5.32 Å². The fourth-order valence-electron chi connectivity index (χ4n) is 0.807. The standard InChI is InChI=1S/C9H14N4S2/c1-4-7-12-8(15-13-7)14-6-9(2,5-10)11-3/h11H,4,6H2,1-3H3. The Bertz CT molecular complexity index is 357. The minimum atomic E-state index is -0.497. The average molecular weight is 242 g/mol. The smallest absolute Gasteiger partial charge is 0.170 e. The number of aryl methyl sites for hydroxylation is 1. The Balaban J connectivity index is 2.53. The van der Waals surface area contributed by atoms with Gasteiger partial charge in [-0.05, 0) is 25.5 Å². The maximum atomic E-state index is 8.96. The normalized spacial score (nSPS) is 14.5. The van der Waals surface area contributed by atoms with Crippen LogP contribution in [-0.2, 0) is 6.42 Å². The predicted octanol–water partition coefficient (Wildman–Crippen LogP) is 1.69. The maximum Gasteiger partial charge on any atom is 0.170 e. The van der Waals surface area contributed by atoms with Crippen LogP contribution in [0.4, 0.5) is 0 Å². The van der Waals surface area contributed by atoms with Gasteiger partial charge in [0.15, 0.2) is 4.34 Å². The molecule has 15 heavy (non-hydrogen) atoms. The quantitative estimate of drug-likeness (QED) is 0.796. The molecule has 1 heterocycles. The molecule has 4 nitrogen and oxygen atoms in total. The van der Waals surface area contributed by atoms with Gasteiger partial charge >= 0.3 is 0 Å². The van der Waals surface area contributed by atoms with Crippen LogP contribution in [0.2, 0.25) is 0 Å². The van der Waals surface area contributed by atoms with Gasteiger partial charge in [0.25, 0.3) is 0 Å². The van der Waals surface area contributed by atoms with Crippen molar-refractivity contribution in [3.63, 3.8) is 0 Å². The highest BCUT2D eigenvalue weighted by molar-refractivity contribution is 8.01. The first-order chi connectivity index (χ1) is 7.13. The van der Waals surface area contributed by atoms with Gasteiger partial charge in [-0.25, -0.2) is 4.98 Å². The summed E-state index contributed by atoms with van der Waals surface area (Å²) in [4.78, 5) is 4.33. The van der Waals surface area contributed by atoms with Crippen LogP contribution < -0.4 is 5.32 Å². The van der Waals surface area contributed by atoms with E-state index in [-0.39, 0.29) is 0 Å². The Hall–Kier alpha value is -0.640. The molecule has 0 bridgehead atoms. The van der Waals surface area contributed by atoms with E-state index in [4.69, 9.17) is 5.26 Å². The summed E-state index contributed by atoms with van der Waals surface area (Å²) in [5.41, 5.74) is -0.497. The molecule has 1 aromatic rings. The molecule has 0 aromatic carbocycles. The van der Waals surface area contributed by atoms with Crippen molar-refractivity contribution in [2.45, 2.75) is 30.1 Å². The van der Waals surface area contributed by atoms with Gasteiger partial charge in [0.1, 0.15) is 11.4 Å². The second-order valence-corrected chi connectivity index (χ2v) is 5.29. The summed E-state index contributed by atoms with van der Waals surface area (Å²) in [6, 6.07) is 2.24. The zero-order valence-electron chi connectivity index (χ0n) is 9.07. The van der Waals surface area contributed by atoms with E-state index in [2.05, 4.69) is 20.7 Å². The fourth-order valence-corrected chi connectivity index (χ4v) is 2.60. The first-order valence-electron chi connectivity index (χ1n) is 4.69. The molecule has 1 rings (SSSR count). The molecule has 1 unspecified atom stereocenters. The summed E-state index contributed by atoms with van der Waals surface area (Å²) in [6.07, 6.45) is 0.860. The van der Waals surface area contributed by atoms with Crippen molar-refractivity contribution in [2.24, 2.45) is 0 Å². The van der Waals surface area contributed by atoms with E-state index in [1.54, 1.807) is 18.8 Å². The lowest BCUT2D eigenvalue weighted by Gasteiger charge is -2.18. The van der Waals surface area contributed by atoms with Crippen LogP contribution in [0.15, 0.2) is 4.34 Å². The third-order valence-corrected chi connectivity index (χ3v) is 4.24. The summed E-state index contributed by atoms with van der Waals surface area (Å²) >= 11 is 2.97. The van der Waals surface area contributed by atoms with E-state index < -0.39 is 5.54 Å². The number of thioether (sulfide) groups is 1. The summed E-state index contributed by atoms with van der Waals surface area (Å²) < 4.78 is 5.13. The van der Waals surface area contributed by atoms with Crippen LogP contribution in [0.1, 0.15) is 19.7 Å². The number of nitriles is 1. The van der Waals surface area contributed by atoms with Gasteiger partial charge in [0.2, 0.25) is 0 Å². The summed E-state index contributed by atoms with van der Waals surface area (Å²) in [7, 11) is 1.79. The van der Waals surface area contributed by atoms with Gasteiger partial charge in [-0.3, -0.25) is 0 Å². The average Bonchev–Trinajstić information content (AvgIpc) is 2.74. The highest BCUT2D eigenvalue weighted by atomic mass is 32.2. The lowest BCUT2D eigenvalue weighted by atomic mass is 10.1. The van der Waals surface area contributed by atoms with Crippen LogP contribution >= 0.6 is 23.3 Å². The van der Waals surface area contributed by atoms with E-state index in [1.165, 1.54) is 11.5 Å². The van der Waals surface area contributed by atoms with Crippen LogP contribution in [0.5, 0.6) is 0 Å². The fraction of sp³-hybridized carbons (Fsp3) is 0.667. The molecule has 0 saturated carbocycles. The molecule has 0 saturated heterocycles. The molecular formula is C9H14N4S2. The third kappa shape index (κ3) is 3.45. The van der Waals surface area contributed by atoms with Crippen LogP contribution in [0, 0.1) is 11.3 Å². The van der Waals surface area contributed by atoms with Crippen molar-refractivity contribution >= 4 is 23.3 Å². The zero-order chi connectivity index (χ0) is 11.3. The number of nitrogens with one attached hydrogen (secondary N) is 1. The molecule has 6 heteroatoms. The third-order valence-electron chi connectivity index (χ3n) is 2.05. The van der Waals surface area contributed by atoms with E-state index in [9.17, 15) is 0 Å². The molecule has 0 aliphatic rings. The van der Waals surface area contributed by atoms with E-state index in [0.717, 1.165) is 16.6 Å². The Labute approximate surface area is 98.3 Å². The molecule has 0 fully saturated rings. The molecular weight excluding hydrogens is 228 g/mol. The number of hydrogen-bond acceptors (Lipinski definition) is 6. The van der Waals surface area contributed by atoms with Gasteiger partial charge in [0.05, 0.1) is 6.07 Å². The van der Waals surface area contributed by atoms with Crippen molar-refractivity contribution in [3.8, 4) is 6.07 Å². The number of nitrogens with zero attached hydrogens (tertiary/aromatic N) is 3. The summed E-state index contributed by atoms with van der Waals surface area (Å²) in [6.45, 7) is 3.91. The zero-order valence-corrected chi connectivity index (χ0v) is 10.7. The molecule has 1 aromatic heterocycles. The molecule has 82 valence electrons. The van der Waals surface area contributed by atoms with Crippen molar-refractivity contribution in [2.75, 3.05) is 12.8 Å². The molecule has 1 N–H and O–H groups in total. The van der Waals surface area contributed by atoms with Crippen LogP contribution in [0.25, 0.3) is 0 Å². The summed E-state index contributed by atoms with van der Waals surface area (Å²) in [5.74, 6) is 1.56. The molecule has 0 radical (unpaired) electrons. The number of aromatic nitrogens is 2. The van der Waals surface area contributed by atoms with Crippen molar-refractivity contribution in [1.82, 2.24) is 14.7 Å². The Morgan fingerprint density at radius 1 is 1.67 bits per heavy atom. The van der Waals surface area contributed by atoms with E-state index in [0.29, 0.717) is 5.75 Å². The topological polar surface area (TPSA) is 61.6 Å². The van der Waals surface area contributed by atoms with Crippen molar-refractivity contribution in [3.05, 3.63) is 5.82 Å². The first kappa shape index (κ1) is 12.4. The minimum Gasteiger partial charge on any atom is -0.302 e. The van der Waals surface area contributed by atoms with Gasteiger partial charge in [0, 0.05) is 12.2 Å². The van der Waals surface area contributed by atoms with Crippen molar-refractivity contribution in [1.29, 1.82) is 5.26 Å². The molecule has 0 aliphatic carbocycles. The van der Waals surface area contributed by atoms with E-state index in [1.807, 2.05) is 13.8 Å². The Morgan fingerprint density at radius 2 is 2.40 bits per heavy atom. The molecule has 0 aliphatic heterocycles. The largest absolute Gasteiger partial charge is 0.302 e. The number of hydrogen-bond donors (Lipinski definition) is 1. The summed E-state index contributed by atoms with van der Waals surface area (Å²) in [5, 5.41) is 11.9. The molecule has 1 atom stereocenters. The van der Waals surface area contributed by atoms with Gasteiger partial charge in [-0.1, -0.05) is 18.7 Å². The lowest BCUT2D eigenvalue weighted by Crippen LogP contribution is -2.40. The first-order valence-corrected chi connectivity index (χ1v) is 6.45. The minimum absolute atomic E-state index is 0.497. The highest BCUT2D eigenvalue weighted by Crippen LogP contribution is 2.23. The predicted molar refractivity (Wildman–Crippen MR) is 63.1 cm³/mol. The maximum absolute atomic E-state index is 8.96. The highest BCUT2D eigenvalue weighted by Gasteiger charge is 2.22.